The first-order chi connectivity index (χ1) is 15.2. The minimum absolute atomic E-state index is 0.295. The van der Waals surface area contributed by atoms with Crippen molar-refractivity contribution in [3.8, 4) is 0 Å². The highest BCUT2D eigenvalue weighted by atomic mass is 32.1. The molecule has 2 aromatic heterocycles. The summed E-state index contributed by atoms with van der Waals surface area (Å²) in [6.07, 6.45) is 5.93. The van der Waals surface area contributed by atoms with Gasteiger partial charge in [0.05, 0.1) is 18.8 Å². The van der Waals surface area contributed by atoms with Gasteiger partial charge in [0.15, 0.2) is 11.8 Å². The van der Waals surface area contributed by atoms with Crippen molar-refractivity contribution in [3.05, 3.63) is 34.0 Å². The van der Waals surface area contributed by atoms with E-state index in [2.05, 4.69) is 37.9 Å². The van der Waals surface area contributed by atoms with Crippen LogP contribution in [-0.2, 0) is 29.5 Å². The molecule has 1 unspecified atom stereocenters. The molecule has 0 spiro atoms. The third-order valence-electron chi connectivity index (χ3n) is 6.07. The first-order valence-electron chi connectivity index (χ1n) is 11.3. The molecule has 1 atom stereocenters. The van der Waals surface area contributed by atoms with Gasteiger partial charge in [0.1, 0.15) is 12.4 Å². The molecule has 9 heteroatoms. The Balaban J connectivity index is 1.31. The van der Waals surface area contributed by atoms with Crippen molar-refractivity contribution >= 4 is 17.3 Å². The summed E-state index contributed by atoms with van der Waals surface area (Å²) in [5.74, 6) is 2.74. The summed E-state index contributed by atoms with van der Waals surface area (Å²) >= 11 is 1.80. The summed E-state index contributed by atoms with van der Waals surface area (Å²) in [7, 11) is 1.99. The maximum atomic E-state index is 6.14. The summed E-state index contributed by atoms with van der Waals surface area (Å²) in [6, 6.07) is 4.29. The molecule has 8 nitrogen and oxygen atoms in total. The van der Waals surface area contributed by atoms with Crippen molar-refractivity contribution in [2.75, 3.05) is 32.8 Å². The fourth-order valence-electron chi connectivity index (χ4n) is 4.01. The Morgan fingerprint density at radius 3 is 2.87 bits per heavy atom. The van der Waals surface area contributed by atoms with Crippen molar-refractivity contribution in [1.82, 2.24) is 25.0 Å². The minimum atomic E-state index is 0.295. The van der Waals surface area contributed by atoms with E-state index in [1.54, 1.807) is 11.3 Å². The number of aromatic nitrogens is 3. The molecule has 4 rings (SSSR count). The number of ether oxygens (including phenoxy) is 2. The molecular formula is C22H34N6O2S. The number of hydrogen-bond donors (Lipinski definition) is 1. The Hall–Kier alpha value is -1.97. The summed E-state index contributed by atoms with van der Waals surface area (Å²) in [6.45, 7) is 6.85. The van der Waals surface area contributed by atoms with Crippen LogP contribution in [0.2, 0.25) is 0 Å². The lowest BCUT2D eigenvalue weighted by atomic mass is 10.1. The van der Waals surface area contributed by atoms with Gasteiger partial charge in [-0.1, -0.05) is 6.07 Å². The van der Waals surface area contributed by atoms with E-state index in [1.165, 1.54) is 4.88 Å². The standard InChI is InChI=1S/C22H34N6O2S/c1-17-25-26-21(27(17)2)15-24-22(23-10-7-20-6-4-14-31-20)28-11-8-18(9-12-28)30-16-19-5-3-13-29-19/h4,6,14,18-19H,3,5,7-13,15-16H2,1-2H3,(H,23,24). The molecule has 31 heavy (non-hydrogen) atoms. The number of guanidine groups is 1. The number of rotatable bonds is 8. The molecule has 2 fully saturated rings. The van der Waals surface area contributed by atoms with Crippen LogP contribution in [0, 0.1) is 6.92 Å². The number of likely N-dealkylation sites (tertiary alicyclic amines) is 1. The van der Waals surface area contributed by atoms with Crippen molar-refractivity contribution in [2.45, 2.75) is 57.8 Å². The van der Waals surface area contributed by atoms with E-state index in [-0.39, 0.29) is 0 Å². The predicted octanol–water partition coefficient (Wildman–Crippen LogP) is 2.53. The lowest BCUT2D eigenvalue weighted by Gasteiger charge is -2.34. The fraction of sp³-hybridized carbons (Fsp3) is 0.682. The Bertz CT molecular complexity index is 823. The van der Waals surface area contributed by atoms with Gasteiger partial charge in [0.2, 0.25) is 0 Å². The molecule has 1 N–H and O–H groups in total. The smallest absolute Gasteiger partial charge is 0.194 e. The van der Waals surface area contributed by atoms with E-state index in [0.717, 1.165) is 82.6 Å². The van der Waals surface area contributed by atoms with Gasteiger partial charge in [0, 0.05) is 38.2 Å². The van der Waals surface area contributed by atoms with Gasteiger partial charge in [-0.05, 0) is 50.5 Å². The van der Waals surface area contributed by atoms with E-state index < -0.39 is 0 Å². The number of hydrogen-bond acceptors (Lipinski definition) is 6. The van der Waals surface area contributed by atoms with Gasteiger partial charge in [-0.15, -0.1) is 21.5 Å². The Kier molecular flexibility index (Phi) is 7.93. The molecule has 0 bridgehead atoms. The molecule has 2 aliphatic rings. The molecule has 0 saturated carbocycles. The van der Waals surface area contributed by atoms with Crippen molar-refractivity contribution in [1.29, 1.82) is 0 Å². The SMILES string of the molecule is Cc1nnc(CN=C(NCCc2cccs2)N2CCC(OCC3CCCO3)CC2)n1C. The number of piperidine rings is 1. The van der Waals surface area contributed by atoms with E-state index in [0.29, 0.717) is 18.8 Å². The zero-order valence-electron chi connectivity index (χ0n) is 18.6. The van der Waals surface area contributed by atoms with Crippen LogP contribution in [0.3, 0.4) is 0 Å². The van der Waals surface area contributed by atoms with Crippen LogP contribution in [-0.4, -0.2) is 70.7 Å². The highest BCUT2D eigenvalue weighted by Crippen LogP contribution is 2.18. The van der Waals surface area contributed by atoms with Crippen molar-refractivity contribution in [2.24, 2.45) is 12.0 Å². The van der Waals surface area contributed by atoms with Crippen LogP contribution >= 0.6 is 11.3 Å². The van der Waals surface area contributed by atoms with E-state index in [9.17, 15) is 0 Å². The largest absolute Gasteiger partial charge is 0.376 e. The Labute approximate surface area is 188 Å². The minimum Gasteiger partial charge on any atom is -0.376 e. The first-order valence-corrected chi connectivity index (χ1v) is 12.2. The molecule has 0 amide bonds. The summed E-state index contributed by atoms with van der Waals surface area (Å²) in [5.41, 5.74) is 0. The van der Waals surface area contributed by atoms with Crippen LogP contribution in [0.25, 0.3) is 0 Å². The second-order valence-corrected chi connectivity index (χ2v) is 9.31. The van der Waals surface area contributed by atoms with Crippen molar-refractivity contribution < 1.29 is 9.47 Å². The van der Waals surface area contributed by atoms with Gasteiger partial charge < -0.3 is 24.3 Å². The van der Waals surface area contributed by atoms with Gasteiger partial charge in [0.25, 0.3) is 0 Å². The van der Waals surface area contributed by atoms with Gasteiger partial charge >= 0.3 is 0 Å². The molecule has 170 valence electrons. The van der Waals surface area contributed by atoms with Crippen molar-refractivity contribution in [3.63, 3.8) is 0 Å². The highest BCUT2D eigenvalue weighted by molar-refractivity contribution is 7.09. The molecule has 4 heterocycles. The van der Waals surface area contributed by atoms with Crippen LogP contribution in [0.15, 0.2) is 22.5 Å². The van der Waals surface area contributed by atoms with Crippen LogP contribution in [0.4, 0.5) is 0 Å². The second kappa shape index (κ2) is 11.1. The Morgan fingerprint density at radius 1 is 1.32 bits per heavy atom. The number of nitrogens with one attached hydrogen (secondary N) is 1. The Morgan fingerprint density at radius 2 is 2.19 bits per heavy atom. The number of nitrogens with zero attached hydrogens (tertiary/aromatic N) is 5. The van der Waals surface area contributed by atoms with E-state index in [1.807, 2.05) is 18.5 Å². The maximum Gasteiger partial charge on any atom is 0.194 e. The van der Waals surface area contributed by atoms with Crippen LogP contribution in [0.1, 0.15) is 42.2 Å². The van der Waals surface area contributed by atoms with Gasteiger partial charge in [-0.25, -0.2) is 4.99 Å². The van der Waals surface area contributed by atoms with Gasteiger partial charge in [-0.3, -0.25) is 0 Å². The molecule has 0 aliphatic carbocycles. The molecule has 2 saturated heterocycles. The van der Waals surface area contributed by atoms with Gasteiger partial charge in [-0.2, -0.15) is 0 Å². The highest BCUT2D eigenvalue weighted by Gasteiger charge is 2.24. The summed E-state index contributed by atoms with van der Waals surface area (Å²) < 4.78 is 13.8. The number of thiophene rings is 1. The summed E-state index contributed by atoms with van der Waals surface area (Å²) in [5, 5.41) is 14.1. The quantitative estimate of drug-likeness (QED) is 0.496. The zero-order chi connectivity index (χ0) is 21.5. The number of aryl methyl sites for hydroxylation is 1. The van der Waals surface area contributed by atoms with E-state index in [4.69, 9.17) is 14.5 Å². The summed E-state index contributed by atoms with van der Waals surface area (Å²) in [4.78, 5) is 8.63. The van der Waals surface area contributed by atoms with Crippen LogP contribution < -0.4 is 5.32 Å². The zero-order valence-corrected chi connectivity index (χ0v) is 19.4. The maximum absolute atomic E-state index is 6.14. The molecular weight excluding hydrogens is 412 g/mol. The molecule has 0 aromatic carbocycles. The molecule has 2 aromatic rings. The first kappa shape index (κ1) is 22.2. The normalized spacial score (nSPS) is 20.5. The average molecular weight is 447 g/mol. The predicted molar refractivity (Wildman–Crippen MR) is 122 cm³/mol. The van der Waals surface area contributed by atoms with E-state index >= 15 is 0 Å². The fourth-order valence-corrected chi connectivity index (χ4v) is 4.72. The topological polar surface area (TPSA) is 76.8 Å². The van der Waals surface area contributed by atoms with Crippen LogP contribution in [0.5, 0.6) is 0 Å². The number of aliphatic imine (C=N–C) groups is 1. The molecule has 0 radical (unpaired) electrons. The third-order valence-corrected chi connectivity index (χ3v) is 7.01. The third kappa shape index (κ3) is 6.27. The second-order valence-electron chi connectivity index (χ2n) is 8.27. The molecule has 2 aliphatic heterocycles. The monoisotopic (exact) mass is 446 g/mol. The lowest BCUT2D eigenvalue weighted by molar-refractivity contribution is -0.0367. The lowest BCUT2D eigenvalue weighted by Crippen LogP contribution is -2.47. The average Bonchev–Trinajstić information content (AvgIpc) is 3.55.